The summed E-state index contributed by atoms with van der Waals surface area (Å²) >= 11 is 0. The molecule has 0 radical (unpaired) electrons. The minimum atomic E-state index is -0.918. The molecule has 5 nitrogen and oxygen atoms in total. The lowest BCUT2D eigenvalue weighted by Gasteiger charge is -2.21. The molecule has 4 rings (SSSR count). The Morgan fingerprint density at radius 1 is 1.03 bits per heavy atom. The van der Waals surface area contributed by atoms with E-state index in [0.717, 1.165) is 41.6 Å². The van der Waals surface area contributed by atoms with Crippen LogP contribution in [0.2, 0.25) is 0 Å². The maximum atomic E-state index is 11.1. The van der Waals surface area contributed by atoms with Gasteiger partial charge in [-0.3, -0.25) is 0 Å². The molecule has 152 valence electrons. The molecule has 0 unspecified atom stereocenters. The zero-order valence-corrected chi connectivity index (χ0v) is 16.8. The molecular formula is C25H24N2O3. The quantitative estimate of drug-likeness (QED) is 0.351. The summed E-state index contributed by atoms with van der Waals surface area (Å²) in [4.78, 5) is 15.6. The van der Waals surface area contributed by atoms with Gasteiger partial charge in [-0.2, -0.15) is 0 Å². The third kappa shape index (κ3) is 4.35. The van der Waals surface area contributed by atoms with E-state index in [1.54, 1.807) is 12.1 Å². The minimum Gasteiger partial charge on any atom is -0.478 e. The number of anilines is 1. The molecule has 0 spiro atoms. The molecule has 30 heavy (non-hydrogen) atoms. The molecule has 5 heteroatoms. The highest BCUT2D eigenvalue weighted by molar-refractivity contribution is 5.88. The van der Waals surface area contributed by atoms with E-state index in [1.165, 1.54) is 5.56 Å². The molecule has 1 atom stereocenters. The van der Waals surface area contributed by atoms with Crippen LogP contribution in [0.25, 0.3) is 22.6 Å². The number of rotatable bonds is 8. The number of fused-ring (bicyclic) bond motifs is 1. The Balaban J connectivity index is 1.55. The van der Waals surface area contributed by atoms with Crippen molar-refractivity contribution in [3.63, 3.8) is 0 Å². The van der Waals surface area contributed by atoms with Crippen LogP contribution in [0.4, 0.5) is 5.69 Å². The van der Waals surface area contributed by atoms with Crippen molar-refractivity contribution in [1.82, 2.24) is 4.98 Å². The number of hydrogen-bond acceptors (Lipinski definition) is 4. The largest absolute Gasteiger partial charge is 0.478 e. The van der Waals surface area contributed by atoms with E-state index in [4.69, 9.17) is 9.52 Å². The Morgan fingerprint density at radius 3 is 2.43 bits per heavy atom. The van der Waals surface area contributed by atoms with Crippen LogP contribution >= 0.6 is 0 Å². The van der Waals surface area contributed by atoms with Crippen molar-refractivity contribution in [1.29, 1.82) is 0 Å². The topological polar surface area (TPSA) is 75.4 Å². The van der Waals surface area contributed by atoms with Gasteiger partial charge in [-0.25, -0.2) is 9.78 Å². The van der Waals surface area contributed by atoms with Crippen LogP contribution in [0, 0.1) is 0 Å². The minimum absolute atomic E-state index is 0.137. The average molecular weight is 400 g/mol. The summed E-state index contributed by atoms with van der Waals surface area (Å²) in [5.74, 6) is -0.302. The Kier molecular flexibility index (Phi) is 5.80. The third-order valence-corrected chi connectivity index (χ3v) is 5.17. The lowest BCUT2D eigenvalue weighted by atomic mass is 9.99. The second kappa shape index (κ2) is 8.82. The van der Waals surface area contributed by atoms with Gasteiger partial charge in [-0.1, -0.05) is 44.0 Å². The number of oxazole rings is 1. The Hall–Kier alpha value is -3.60. The van der Waals surface area contributed by atoms with Gasteiger partial charge >= 0.3 is 5.97 Å². The first kappa shape index (κ1) is 19.7. The highest BCUT2D eigenvalue weighted by Gasteiger charge is 2.13. The van der Waals surface area contributed by atoms with Gasteiger partial charge in [0.1, 0.15) is 5.52 Å². The van der Waals surface area contributed by atoms with Crippen LogP contribution in [-0.4, -0.2) is 16.1 Å². The smallest absolute Gasteiger partial charge is 0.335 e. The summed E-state index contributed by atoms with van der Waals surface area (Å²) in [6.45, 7) is 2.18. The predicted molar refractivity (Wildman–Crippen MR) is 119 cm³/mol. The van der Waals surface area contributed by atoms with Crippen molar-refractivity contribution in [2.75, 3.05) is 5.32 Å². The van der Waals surface area contributed by atoms with Crippen molar-refractivity contribution in [3.8, 4) is 11.5 Å². The first-order chi connectivity index (χ1) is 14.6. The van der Waals surface area contributed by atoms with E-state index in [1.807, 2.05) is 48.5 Å². The summed E-state index contributed by atoms with van der Waals surface area (Å²) in [6, 6.07) is 23.0. The maximum Gasteiger partial charge on any atom is 0.335 e. The second-order valence-electron chi connectivity index (χ2n) is 7.33. The van der Waals surface area contributed by atoms with Crippen molar-refractivity contribution in [2.24, 2.45) is 0 Å². The number of hydrogen-bond donors (Lipinski definition) is 2. The zero-order chi connectivity index (χ0) is 20.9. The molecule has 0 aliphatic heterocycles. The Morgan fingerprint density at radius 2 is 1.77 bits per heavy atom. The number of carboxylic acids is 1. The summed E-state index contributed by atoms with van der Waals surface area (Å²) in [5.41, 5.74) is 4.94. The number of carbonyl (C=O) groups is 1. The van der Waals surface area contributed by atoms with E-state index in [0.29, 0.717) is 5.89 Å². The molecule has 0 saturated heterocycles. The van der Waals surface area contributed by atoms with E-state index in [9.17, 15) is 4.79 Å². The lowest BCUT2D eigenvalue weighted by molar-refractivity contribution is 0.0697. The van der Waals surface area contributed by atoms with Crippen LogP contribution in [-0.2, 0) is 0 Å². The third-order valence-electron chi connectivity index (χ3n) is 5.17. The molecule has 0 aliphatic rings. The number of carboxylic acid groups (broad SMARTS) is 1. The van der Waals surface area contributed by atoms with E-state index in [2.05, 4.69) is 29.4 Å². The van der Waals surface area contributed by atoms with Crippen molar-refractivity contribution >= 4 is 22.8 Å². The van der Waals surface area contributed by atoms with Crippen LogP contribution in [0.5, 0.6) is 0 Å². The van der Waals surface area contributed by atoms with Gasteiger partial charge in [0.25, 0.3) is 0 Å². The number of benzene rings is 3. The highest BCUT2D eigenvalue weighted by Crippen LogP contribution is 2.29. The van der Waals surface area contributed by atoms with Gasteiger partial charge in [0, 0.05) is 11.3 Å². The second-order valence-corrected chi connectivity index (χ2v) is 7.33. The summed E-state index contributed by atoms with van der Waals surface area (Å²) < 4.78 is 5.87. The fraction of sp³-hybridized carbons (Fsp3) is 0.200. The first-order valence-electron chi connectivity index (χ1n) is 10.2. The lowest BCUT2D eigenvalue weighted by Crippen LogP contribution is -2.11. The van der Waals surface area contributed by atoms with Crippen molar-refractivity contribution in [2.45, 2.75) is 32.2 Å². The number of aromatic carboxylic acids is 1. The van der Waals surface area contributed by atoms with Gasteiger partial charge in [-0.15, -0.1) is 0 Å². The number of nitrogens with one attached hydrogen (secondary N) is 1. The summed E-state index contributed by atoms with van der Waals surface area (Å²) in [7, 11) is 0. The van der Waals surface area contributed by atoms with Gasteiger partial charge in [-0.05, 0) is 60.5 Å². The van der Waals surface area contributed by atoms with Crippen molar-refractivity contribution in [3.05, 3.63) is 83.9 Å². The number of aromatic nitrogens is 1. The molecule has 1 heterocycles. The fourth-order valence-corrected chi connectivity index (χ4v) is 3.49. The molecule has 3 aromatic carbocycles. The van der Waals surface area contributed by atoms with Crippen molar-refractivity contribution < 1.29 is 14.3 Å². The molecule has 0 saturated carbocycles. The molecule has 2 N–H and O–H groups in total. The van der Waals surface area contributed by atoms with Gasteiger partial charge in [0.15, 0.2) is 5.58 Å². The van der Waals surface area contributed by atoms with Crippen LogP contribution < -0.4 is 5.32 Å². The van der Waals surface area contributed by atoms with Gasteiger partial charge in [0.05, 0.1) is 11.6 Å². The van der Waals surface area contributed by atoms with E-state index < -0.39 is 5.97 Å². The zero-order valence-electron chi connectivity index (χ0n) is 16.8. The Labute approximate surface area is 175 Å². The molecule has 0 amide bonds. The standard InChI is InChI=1S/C25H24N2O3/c1-2-3-6-21(26-20-15-13-19(14-16-20)25(28)29)17-9-11-18(12-10-17)24-27-22-7-4-5-8-23(22)30-24/h4-5,7-16,21,26H,2-3,6H2,1H3,(H,28,29)/t21-/m0/s1. The predicted octanol–water partition coefficient (Wildman–Crippen LogP) is 6.54. The normalized spacial score (nSPS) is 12.0. The summed E-state index contributed by atoms with van der Waals surface area (Å²) in [5, 5.41) is 12.6. The number of para-hydroxylation sites is 2. The van der Waals surface area contributed by atoms with Crippen LogP contribution in [0.1, 0.15) is 48.1 Å². The van der Waals surface area contributed by atoms with E-state index >= 15 is 0 Å². The molecular weight excluding hydrogens is 376 g/mol. The molecule has 4 aromatic rings. The van der Waals surface area contributed by atoms with Crippen LogP contribution in [0.15, 0.2) is 77.2 Å². The molecule has 1 aromatic heterocycles. The number of nitrogens with zero attached hydrogens (tertiary/aromatic N) is 1. The molecule has 0 bridgehead atoms. The van der Waals surface area contributed by atoms with Gasteiger partial charge < -0.3 is 14.8 Å². The molecule has 0 aliphatic carbocycles. The SMILES string of the molecule is CCCC[C@H](Nc1ccc(C(=O)O)cc1)c1ccc(-c2nc3ccccc3o2)cc1. The fourth-order valence-electron chi connectivity index (χ4n) is 3.49. The van der Waals surface area contributed by atoms with E-state index in [-0.39, 0.29) is 11.6 Å². The van der Waals surface area contributed by atoms with Crippen LogP contribution in [0.3, 0.4) is 0 Å². The Bertz CT molecular complexity index is 1100. The first-order valence-corrected chi connectivity index (χ1v) is 10.2. The van der Waals surface area contributed by atoms with Gasteiger partial charge in [0.2, 0.25) is 5.89 Å². The average Bonchev–Trinajstić information content (AvgIpc) is 3.21. The number of unbranched alkanes of at least 4 members (excludes halogenated alkanes) is 1. The molecule has 0 fully saturated rings. The summed E-state index contributed by atoms with van der Waals surface area (Å²) in [6.07, 6.45) is 3.19. The maximum absolute atomic E-state index is 11.1. The monoisotopic (exact) mass is 400 g/mol. The highest BCUT2D eigenvalue weighted by atomic mass is 16.4.